The molecule has 1 aromatic rings. The van der Waals surface area contributed by atoms with E-state index in [-0.39, 0.29) is 12.1 Å². The predicted octanol–water partition coefficient (Wildman–Crippen LogP) is 3.17. The summed E-state index contributed by atoms with van der Waals surface area (Å²) in [6, 6.07) is 9.08. The fourth-order valence-electron chi connectivity index (χ4n) is 2.07. The van der Waals surface area contributed by atoms with Gasteiger partial charge in [-0.3, -0.25) is 0 Å². The second kappa shape index (κ2) is 5.24. The Hall–Kier alpha value is -2.18. The lowest BCUT2D eigenvalue weighted by Gasteiger charge is -2.18. The average Bonchev–Trinajstić information content (AvgIpc) is 2.78. The SMILES string of the molecule is N#Cc1ccccc1OC1CCCC1N=[N+]=[N-]. The summed E-state index contributed by atoms with van der Waals surface area (Å²) in [6.45, 7) is 0. The van der Waals surface area contributed by atoms with Gasteiger partial charge in [-0.1, -0.05) is 17.2 Å². The minimum absolute atomic E-state index is 0.111. The largest absolute Gasteiger partial charge is 0.489 e. The van der Waals surface area contributed by atoms with Crippen LogP contribution >= 0.6 is 0 Å². The molecule has 0 bridgehead atoms. The van der Waals surface area contributed by atoms with Gasteiger partial charge in [0.25, 0.3) is 0 Å². The highest BCUT2D eigenvalue weighted by molar-refractivity contribution is 5.42. The average molecular weight is 228 g/mol. The van der Waals surface area contributed by atoms with Crippen molar-refractivity contribution in [3.05, 3.63) is 40.3 Å². The van der Waals surface area contributed by atoms with E-state index in [9.17, 15) is 0 Å². The molecule has 0 spiro atoms. The van der Waals surface area contributed by atoms with Crippen LogP contribution in [0.4, 0.5) is 0 Å². The lowest BCUT2D eigenvalue weighted by molar-refractivity contribution is 0.191. The van der Waals surface area contributed by atoms with Crippen LogP contribution in [0.15, 0.2) is 29.4 Å². The van der Waals surface area contributed by atoms with Crippen molar-refractivity contribution in [2.45, 2.75) is 31.4 Å². The predicted molar refractivity (Wildman–Crippen MR) is 62.4 cm³/mol. The van der Waals surface area contributed by atoms with Gasteiger partial charge in [0.1, 0.15) is 17.9 Å². The highest BCUT2D eigenvalue weighted by atomic mass is 16.5. The van der Waals surface area contributed by atoms with E-state index in [1.54, 1.807) is 18.2 Å². The third-order valence-electron chi connectivity index (χ3n) is 2.90. The first-order chi connectivity index (χ1) is 8.35. The molecule has 2 unspecified atom stereocenters. The van der Waals surface area contributed by atoms with Gasteiger partial charge in [0.05, 0.1) is 11.6 Å². The first kappa shape index (κ1) is 11.3. The lowest BCUT2D eigenvalue weighted by atomic mass is 10.2. The minimum Gasteiger partial charge on any atom is -0.489 e. The first-order valence-electron chi connectivity index (χ1n) is 5.55. The second-order valence-electron chi connectivity index (χ2n) is 3.97. The molecule has 1 aliphatic rings. The van der Waals surface area contributed by atoms with E-state index in [0.717, 1.165) is 19.3 Å². The van der Waals surface area contributed by atoms with Crippen molar-refractivity contribution in [2.24, 2.45) is 5.11 Å². The summed E-state index contributed by atoms with van der Waals surface area (Å²) in [5.41, 5.74) is 8.97. The molecule has 0 aromatic heterocycles. The normalized spacial score (nSPS) is 22.5. The van der Waals surface area contributed by atoms with Crippen LogP contribution in [0, 0.1) is 11.3 Å². The maximum Gasteiger partial charge on any atom is 0.137 e. The van der Waals surface area contributed by atoms with Gasteiger partial charge in [0.15, 0.2) is 0 Å². The van der Waals surface area contributed by atoms with Crippen molar-refractivity contribution in [3.8, 4) is 11.8 Å². The molecule has 2 rings (SSSR count). The number of para-hydroxylation sites is 1. The van der Waals surface area contributed by atoms with Gasteiger partial charge in [-0.25, -0.2) is 0 Å². The fourth-order valence-corrected chi connectivity index (χ4v) is 2.07. The van der Waals surface area contributed by atoms with Crippen molar-refractivity contribution in [3.63, 3.8) is 0 Å². The molecule has 0 N–H and O–H groups in total. The van der Waals surface area contributed by atoms with E-state index in [4.69, 9.17) is 15.5 Å². The third-order valence-corrected chi connectivity index (χ3v) is 2.90. The molecule has 1 aromatic carbocycles. The summed E-state index contributed by atoms with van der Waals surface area (Å²) in [4.78, 5) is 2.83. The van der Waals surface area contributed by atoms with Crippen molar-refractivity contribution in [1.29, 1.82) is 5.26 Å². The van der Waals surface area contributed by atoms with E-state index in [1.807, 2.05) is 6.07 Å². The third kappa shape index (κ3) is 2.49. The Bertz CT molecular complexity index is 488. The van der Waals surface area contributed by atoms with Crippen LogP contribution in [-0.4, -0.2) is 12.1 Å². The molecule has 1 aliphatic carbocycles. The molecule has 0 aliphatic heterocycles. The Balaban J connectivity index is 2.15. The van der Waals surface area contributed by atoms with Gasteiger partial charge in [0, 0.05) is 4.91 Å². The van der Waals surface area contributed by atoms with Crippen LogP contribution in [0.25, 0.3) is 10.4 Å². The highest BCUT2D eigenvalue weighted by Gasteiger charge is 2.28. The number of ether oxygens (including phenoxy) is 1. The zero-order valence-electron chi connectivity index (χ0n) is 9.28. The van der Waals surface area contributed by atoms with Crippen LogP contribution in [0.2, 0.25) is 0 Å². The summed E-state index contributed by atoms with van der Waals surface area (Å²) >= 11 is 0. The van der Waals surface area contributed by atoms with Crippen molar-refractivity contribution >= 4 is 0 Å². The van der Waals surface area contributed by atoms with Gasteiger partial charge in [-0.05, 0) is 36.9 Å². The van der Waals surface area contributed by atoms with Gasteiger partial charge in [0.2, 0.25) is 0 Å². The Kier molecular flexibility index (Phi) is 3.49. The number of hydrogen-bond donors (Lipinski definition) is 0. The van der Waals surface area contributed by atoms with Crippen LogP contribution in [0.1, 0.15) is 24.8 Å². The summed E-state index contributed by atoms with van der Waals surface area (Å²) in [6.07, 6.45) is 2.59. The second-order valence-corrected chi connectivity index (χ2v) is 3.97. The summed E-state index contributed by atoms with van der Waals surface area (Å²) in [5, 5.41) is 12.7. The van der Waals surface area contributed by atoms with Crippen LogP contribution in [-0.2, 0) is 0 Å². The van der Waals surface area contributed by atoms with Gasteiger partial charge in [-0.2, -0.15) is 5.26 Å². The molecule has 1 saturated carbocycles. The first-order valence-corrected chi connectivity index (χ1v) is 5.55. The Labute approximate surface area is 99.3 Å². The van der Waals surface area contributed by atoms with Gasteiger partial charge < -0.3 is 4.74 Å². The standard InChI is InChI=1S/C12H12N4O/c13-8-9-4-1-2-6-11(9)17-12-7-3-5-10(12)15-16-14/h1-2,4,6,10,12H,3,5,7H2. The molecule has 17 heavy (non-hydrogen) atoms. The van der Waals surface area contributed by atoms with E-state index < -0.39 is 0 Å². The molecule has 5 nitrogen and oxygen atoms in total. The highest BCUT2D eigenvalue weighted by Crippen LogP contribution is 2.28. The number of nitrogens with zero attached hydrogens (tertiary/aromatic N) is 4. The zero-order valence-corrected chi connectivity index (χ0v) is 9.28. The molecule has 2 atom stereocenters. The molecule has 0 amide bonds. The van der Waals surface area contributed by atoms with Crippen molar-refractivity contribution < 1.29 is 4.74 Å². The maximum atomic E-state index is 8.95. The van der Waals surface area contributed by atoms with Crippen LogP contribution < -0.4 is 4.74 Å². The summed E-state index contributed by atoms with van der Waals surface area (Å²) in [5.74, 6) is 0.569. The van der Waals surface area contributed by atoms with E-state index in [2.05, 4.69) is 16.1 Å². The molecule has 0 saturated heterocycles. The van der Waals surface area contributed by atoms with Crippen molar-refractivity contribution in [2.75, 3.05) is 0 Å². The molecule has 86 valence electrons. The molecular weight excluding hydrogens is 216 g/mol. The molecule has 1 fully saturated rings. The summed E-state index contributed by atoms with van der Waals surface area (Å²) in [7, 11) is 0. The van der Waals surface area contributed by atoms with Crippen molar-refractivity contribution in [1.82, 2.24) is 0 Å². The number of rotatable bonds is 3. The van der Waals surface area contributed by atoms with Gasteiger partial charge >= 0.3 is 0 Å². The topological polar surface area (TPSA) is 81.8 Å². The zero-order chi connectivity index (χ0) is 12.1. The number of hydrogen-bond acceptors (Lipinski definition) is 3. The quantitative estimate of drug-likeness (QED) is 0.452. The van der Waals surface area contributed by atoms with Crippen LogP contribution in [0.5, 0.6) is 5.75 Å². The number of benzene rings is 1. The number of nitriles is 1. The Morgan fingerprint density at radius 3 is 3.00 bits per heavy atom. The molecule has 0 heterocycles. The van der Waals surface area contributed by atoms with Gasteiger partial charge in [-0.15, -0.1) is 0 Å². The maximum absolute atomic E-state index is 8.95. The Morgan fingerprint density at radius 2 is 2.24 bits per heavy atom. The smallest absolute Gasteiger partial charge is 0.137 e. The minimum atomic E-state index is -0.119. The van der Waals surface area contributed by atoms with E-state index in [1.165, 1.54) is 0 Å². The summed E-state index contributed by atoms with van der Waals surface area (Å²) < 4.78 is 5.78. The van der Waals surface area contributed by atoms with E-state index in [0.29, 0.717) is 11.3 Å². The fraction of sp³-hybridized carbons (Fsp3) is 0.417. The lowest BCUT2D eigenvalue weighted by Crippen LogP contribution is -2.24. The molecule has 5 heteroatoms. The van der Waals surface area contributed by atoms with Crippen LogP contribution in [0.3, 0.4) is 0 Å². The van der Waals surface area contributed by atoms with E-state index >= 15 is 0 Å². The monoisotopic (exact) mass is 228 g/mol. The molecule has 0 radical (unpaired) electrons. The number of azide groups is 1. The Morgan fingerprint density at radius 1 is 1.41 bits per heavy atom. The molecular formula is C12H12N4O.